The molecule has 2 aliphatic carbocycles. The molecule has 1 aliphatic heterocycles. The van der Waals surface area contributed by atoms with Gasteiger partial charge in [-0.2, -0.15) is 0 Å². The minimum Gasteiger partial charge on any atom is -0.504 e. The average Bonchev–Trinajstić information content (AvgIpc) is 3.55. The number of rotatable bonds is 9. The van der Waals surface area contributed by atoms with Crippen LogP contribution in [0.1, 0.15) is 46.1 Å². The molecule has 12 nitrogen and oxygen atoms in total. The van der Waals surface area contributed by atoms with Crippen LogP contribution in [0.25, 0.3) is 6.08 Å². The normalized spacial score (nSPS) is 28.2. The molecule has 12 heteroatoms. The SMILES string of the molecule is CC(=O)O[C@H]1[C@H]2OCO[C@H]2[C@H](OC(C)=O)[C@H](NC(=O)/C(C)=C/c2ccc(OCC3CC3)c(O)c2)[C@@H]1OC(C)=O. The first kappa shape index (κ1) is 28.4. The Balaban J connectivity index is 1.58. The maximum Gasteiger partial charge on any atom is 0.303 e. The van der Waals surface area contributed by atoms with Crippen LogP contribution in [0.15, 0.2) is 23.8 Å². The van der Waals surface area contributed by atoms with Gasteiger partial charge in [0.15, 0.2) is 29.8 Å². The molecule has 2 saturated carbocycles. The van der Waals surface area contributed by atoms with Gasteiger partial charge in [0.2, 0.25) is 5.91 Å². The molecule has 0 bridgehead atoms. The van der Waals surface area contributed by atoms with E-state index in [0.717, 1.165) is 19.8 Å². The number of amides is 1. The predicted octanol–water partition coefficient (Wildman–Crippen LogP) is 1.62. The lowest BCUT2D eigenvalue weighted by molar-refractivity contribution is -0.205. The summed E-state index contributed by atoms with van der Waals surface area (Å²) in [5.74, 6) is -1.78. The van der Waals surface area contributed by atoms with Crippen molar-refractivity contribution in [3.05, 3.63) is 29.3 Å². The molecule has 1 saturated heterocycles. The number of nitrogens with one attached hydrogen (secondary N) is 1. The van der Waals surface area contributed by atoms with Gasteiger partial charge >= 0.3 is 17.9 Å². The maximum absolute atomic E-state index is 13.3. The average molecular weight is 548 g/mol. The molecule has 3 fully saturated rings. The third-order valence-corrected chi connectivity index (χ3v) is 6.62. The summed E-state index contributed by atoms with van der Waals surface area (Å²) in [4.78, 5) is 49.2. The van der Waals surface area contributed by atoms with Gasteiger partial charge in [-0.05, 0) is 49.5 Å². The number of hydrogen-bond donors (Lipinski definition) is 2. The first-order valence-electron chi connectivity index (χ1n) is 12.7. The third kappa shape index (κ3) is 7.07. The minimum absolute atomic E-state index is 0.0524. The van der Waals surface area contributed by atoms with Crippen molar-refractivity contribution in [3.63, 3.8) is 0 Å². The second kappa shape index (κ2) is 12.0. The molecule has 0 radical (unpaired) electrons. The van der Waals surface area contributed by atoms with E-state index in [1.54, 1.807) is 25.1 Å². The van der Waals surface area contributed by atoms with Crippen molar-refractivity contribution in [1.82, 2.24) is 5.32 Å². The van der Waals surface area contributed by atoms with Gasteiger partial charge in [-0.1, -0.05) is 6.07 Å². The van der Waals surface area contributed by atoms with Gasteiger partial charge in [-0.3, -0.25) is 19.2 Å². The van der Waals surface area contributed by atoms with Crippen LogP contribution in [0.2, 0.25) is 0 Å². The van der Waals surface area contributed by atoms with Crippen LogP contribution in [0.3, 0.4) is 0 Å². The summed E-state index contributed by atoms with van der Waals surface area (Å²) < 4.78 is 33.3. The van der Waals surface area contributed by atoms with Crippen molar-refractivity contribution in [2.45, 2.75) is 77.1 Å². The number of aromatic hydroxyl groups is 1. The summed E-state index contributed by atoms with van der Waals surface area (Å²) in [5.41, 5.74) is 0.778. The summed E-state index contributed by atoms with van der Waals surface area (Å²) >= 11 is 0. The van der Waals surface area contributed by atoms with E-state index >= 15 is 0 Å². The second-order valence-corrected chi connectivity index (χ2v) is 9.91. The van der Waals surface area contributed by atoms with Gasteiger partial charge in [0.05, 0.1) is 6.61 Å². The highest BCUT2D eigenvalue weighted by atomic mass is 16.7. The van der Waals surface area contributed by atoms with Crippen LogP contribution in [-0.2, 0) is 42.9 Å². The van der Waals surface area contributed by atoms with Gasteiger partial charge in [-0.15, -0.1) is 0 Å². The number of benzene rings is 1. The fourth-order valence-corrected chi connectivity index (χ4v) is 4.71. The Kier molecular flexibility index (Phi) is 8.76. The zero-order valence-corrected chi connectivity index (χ0v) is 22.2. The Morgan fingerprint density at radius 3 is 2.10 bits per heavy atom. The maximum atomic E-state index is 13.3. The molecule has 0 unspecified atom stereocenters. The molecule has 1 aromatic rings. The Labute approximate surface area is 225 Å². The van der Waals surface area contributed by atoms with Gasteiger partial charge in [-0.25, -0.2) is 0 Å². The fraction of sp³-hybridized carbons (Fsp3) is 0.556. The molecule has 3 aliphatic rings. The first-order chi connectivity index (χ1) is 18.5. The van der Waals surface area contributed by atoms with Crippen molar-refractivity contribution in [2.24, 2.45) is 5.92 Å². The Morgan fingerprint density at radius 2 is 1.51 bits per heavy atom. The van der Waals surface area contributed by atoms with E-state index in [0.29, 0.717) is 23.8 Å². The van der Waals surface area contributed by atoms with Crippen LogP contribution >= 0.6 is 0 Å². The van der Waals surface area contributed by atoms with E-state index in [1.807, 2.05) is 0 Å². The van der Waals surface area contributed by atoms with Crippen LogP contribution < -0.4 is 10.1 Å². The van der Waals surface area contributed by atoms with Crippen molar-refractivity contribution >= 4 is 29.9 Å². The fourth-order valence-electron chi connectivity index (χ4n) is 4.71. The summed E-state index contributed by atoms with van der Waals surface area (Å²) in [6.07, 6.45) is -1.52. The lowest BCUT2D eigenvalue weighted by Crippen LogP contribution is -2.70. The van der Waals surface area contributed by atoms with Gasteiger partial charge in [0, 0.05) is 26.3 Å². The smallest absolute Gasteiger partial charge is 0.303 e. The second-order valence-electron chi connectivity index (χ2n) is 9.91. The molecule has 0 spiro atoms. The molecular formula is C27H33NO11. The van der Waals surface area contributed by atoms with Crippen LogP contribution in [0.4, 0.5) is 0 Å². The monoisotopic (exact) mass is 547 g/mol. The molecule has 1 amide bonds. The molecular weight excluding hydrogens is 514 g/mol. The van der Waals surface area contributed by atoms with Crippen molar-refractivity contribution in [3.8, 4) is 11.5 Å². The van der Waals surface area contributed by atoms with E-state index in [-0.39, 0.29) is 18.1 Å². The zero-order valence-electron chi connectivity index (χ0n) is 22.2. The molecule has 212 valence electrons. The predicted molar refractivity (Wildman–Crippen MR) is 133 cm³/mol. The van der Waals surface area contributed by atoms with Crippen LogP contribution in [0.5, 0.6) is 11.5 Å². The van der Waals surface area contributed by atoms with E-state index in [4.69, 9.17) is 28.4 Å². The zero-order chi connectivity index (χ0) is 28.3. The lowest BCUT2D eigenvalue weighted by Gasteiger charge is -2.45. The number of ether oxygens (including phenoxy) is 6. The Hall–Kier alpha value is -3.64. The number of fused-ring (bicyclic) bond motifs is 1. The Bertz CT molecular complexity index is 1140. The highest BCUT2D eigenvalue weighted by Crippen LogP contribution is 2.36. The van der Waals surface area contributed by atoms with Gasteiger partial charge in [0.25, 0.3) is 0 Å². The summed E-state index contributed by atoms with van der Waals surface area (Å²) in [6.45, 7) is 5.46. The molecule has 4 rings (SSSR count). The lowest BCUT2D eigenvalue weighted by atomic mass is 9.82. The number of carbonyl (C=O) groups excluding carboxylic acids is 4. The van der Waals surface area contributed by atoms with E-state index in [9.17, 15) is 24.3 Å². The largest absolute Gasteiger partial charge is 0.504 e. The standard InChI is InChI=1S/C27H33NO11/c1-13(9-18-7-8-20(19(32)10-18)34-11-17-5-6-17)27(33)28-21-22(37-14(2)29)24-25(36-12-35-24)26(39-16(4)31)23(21)38-15(3)30/h7-10,17,21-26,32H,5-6,11-12H2,1-4H3,(H,28,33)/b13-9+/t21-,22+,23-,24-,25-,26+/m0/s1. The number of carbonyl (C=O) groups is 4. The third-order valence-electron chi connectivity index (χ3n) is 6.62. The highest BCUT2D eigenvalue weighted by Gasteiger charge is 2.59. The Morgan fingerprint density at radius 1 is 0.923 bits per heavy atom. The number of phenols is 1. The summed E-state index contributed by atoms with van der Waals surface area (Å²) in [6, 6.07) is 3.67. The summed E-state index contributed by atoms with van der Waals surface area (Å²) in [7, 11) is 0. The number of hydrogen-bond acceptors (Lipinski definition) is 11. The van der Waals surface area contributed by atoms with Crippen molar-refractivity contribution in [2.75, 3.05) is 13.4 Å². The molecule has 0 aromatic heterocycles. The molecule has 6 atom stereocenters. The van der Waals surface area contributed by atoms with Gasteiger partial charge < -0.3 is 38.8 Å². The first-order valence-corrected chi connectivity index (χ1v) is 12.7. The number of phenolic OH excluding ortho intramolecular Hbond substituents is 1. The molecule has 39 heavy (non-hydrogen) atoms. The molecule has 1 heterocycles. The van der Waals surface area contributed by atoms with E-state index in [2.05, 4.69) is 5.32 Å². The number of esters is 3. The highest BCUT2D eigenvalue weighted by molar-refractivity contribution is 5.97. The van der Waals surface area contributed by atoms with Crippen molar-refractivity contribution < 1.29 is 52.7 Å². The topological polar surface area (TPSA) is 156 Å². The minimum atomic E-state index is -1.25. The molecule has 2 N–H and O–H groups in total. The van der Waals surface area contributed by atoms with Gasteiger partial charge in [0.1, 0.15) is 25.0 Å². The van der Waals surface area contributed by atoms with Crippen molar-refractivity contribution in [1.29, 1.82) is 0 Å². The quantitative estimate of drug-likeness (QED) is 0.263. The molecule has 1 aromatic carbocycles. The summed E-state index contributed by atoms with van der Waals surface area (Å²) in [5, 5.41) is 13.1. The van der Waals surface area contributed by atoms with Crippen LogP contribution in [0, 0.1) is 5.92 Å². The van der Waals surface area contributed by atoms with Crippen LogP contribution in [-0.4, -0.2) is 78.9 Å². The van der Waals surface area contributed by atoms with E-state index in [1.165, 1.54) is 19.9 Å². The van der Waals surface area contributed by atoms with E-state index < -0.39 is 60.4 Å².